The number of ether oxygens (including phenoxy) is 2. The maximum Gasteiger partial charge on any atom is 0.343 e. The predicted octanol–water partition coefficient (Wildman–Crippen LogP) is 3.12. The number of rotatable bonds is 4. The number of carbonyl (C=O) groups is 3. The van der Waals surface area contributed by atoms with Gasteiger partial charge in [0, 0.05) is 17.2 Å². The number of anilines is 1. The molecule has 0 unspecified atom stereocenters. The van der Waals surface area contributed by atoms with E-state index in [0.717, 1.165) is 4.90 Å². The van der Waals surface area contributed by atoms with Gasteiger partial charge in [-0.2, -0.15) is 0 Å². The number of benzene rings is 2. The maximum absolute atomic E-state index is 12.3. The van der Waals surface area contributed by atoms with Crippen molar-refractivity contribution in [3.8, 4) is 11.5 Å². The molecule has 0 fully saturated rings. The monoisotopic (exact) mass is 351 g/mol. The van der Waals surface area contributed by atoms with Gasteiger partial charge in [-0.15, -0.1) is 0 Å². The normalized spacial score (nSPS) is 14.0. The zero-order chi connectivity index (χ0) is 18.8. The molecule has 2 amide bonds. The predicted molar refractivity (Wildman–Crippen MR) is 95.3 cm³/mol. The smallest absolute Gasteiger partial charge is 0.343 e. The highest BCUT2D eigenvalue weighted by atomic mass is 16.5. The van der Waals surface area contributed by atoms with Crippen LogP contribution in [0.2, 0.25) is 0 Å². The lowest BCUT2D eigenvalue weighted by Gasteiger charge is -2.15. The summed E-state index contributed by atoms with van der Waals surface area (Å²) in [6, 6.07) is 12.8. The summed E-state index contributed by atoms with van der Waals surface area (Å²) in [5.74, 6) is -0.304. The molecule has 1 aliphatic rings. The van der Waals surface area contributed by atoms with Crippen molar-refractivity contribution in [3.05, 3.63) is 65.2 Å². The Labute approximate surface area is 150 Å². The van der Waals surface area contributed by atoms with Gasteiger partial charge in [-0.05, 0) is 50.2 Å². The van der Waals surface area contributed by atoms with Crippen LogP contribution in [-0.4, -0.2) is 24.9 Å². The second kappa shape index (κ2) is 6.84. The number of carbonyl (C=O) groups excluding carboxylic acids is 3. The number of nitrogens with zero attached hydrogens (tertiary/aromatic N) is 1. The van der Waals surface area contributed by atoms with Crippen LogP contribution in [0.25, 0.3) is 0 Å². The molecule has 26 heavy (non-hydrogen) atoms. The summed E-state index contributed by atoms with van der Waals surface area (Å²) in [5.41, 5.74) is 1.57. The van der Waals surface area contributed by atoms with Crippen LogP contribution in [0.5, 0.6) is 11.5 Å². The van der Waals surface area contributed by atoms with E-state index in [-0.39, 0.29) is 11.8 Å². The van der Waals surface area contributed by atoms with E-state index in [1.165, 1.54) is 19.2 Å². The fourth-order valence-electron chi connectivity index (χ4n) is 2.56. The van der Waals surface area contributed by atoms with Crippen LogP contribution in [0, 0.1) is 0 Å². The zero-order valence-electron chi connectivity index (χ0n) is 14.6. The van der Waals surface area contributed by atoms with Gasteiger partial charge in [-0.1, -0.05) is 6.07 Å². The van der Waals surface area contributed by atoms with E-state index in [4.69, 9.17) is 9.47 Å². The minimum absolute atomic E-state index is 0.303. The first-order valence-electron chi connectivity index (χ1n) is 7.95. The standard InChI is InChI=1S/C20H17NO5/c1-12-13(2)19(23)21(18(12)22)15-9-7-14(8-10-15)20(24)26-17-6-4-5-16(11-17)25-3/h4-11H,1-3H3. The van der Waals surface area contributed by atoms with Crippen molar-refractivity contribution in [1.82, 2.24) is 0 Å². The highest BCUT2D eigenvalue weighted by Gasteiger charge is 2.34. The van der Waals surface area contributed by atoms with Gasteiger partial charge in [0.1, 0.15) is 11.5 Å². The van der Waals surface area contributed by atoms with Gasteiger partial charge in [0.2, 0.25) is 0 Å². The summed E-state index contributed by atoms with van der Waals surface area (Å²) in [5, 5.41) is 0. The molecule has 0 spiro atoms. The molecule has 0 saturated heterocycles. The number of amides is 2. The Kier molecular flexibility index (Phi) is 4.58. The molecule has 2 aromatic carbocycles. The first kappa shape index (κ1) is 17.4. The Morgan fingerprint density at radius 3 is 2.04 bits per heavy atom. The van der Waals surface area contributed by atoms with Crippen LogP contribution in [0.4, 0.5) is 5.69 Å². The van der Waals surface area contributed by atoms with Crippen LogP contribution in [0.3, 0.4) is 0 Å². The molecular weight excluding hydrogens is 334 g/mol. The summed E-state index contributed by atoms with van der Waals surface area (Å²) in [7, 11) is 1.53. The molecular formula is C20H17NO5. The highest BCUT2D eigenvalue weighted by molar-refractivity contribution is 6.32. The second-order valence-electron chi connectivity index (χ2n) is 5.81. The maximum atomic E-state index is 12.3. The van der Waals surface area contributed by atoms with Crippen LogP contribution in [0.15, 0.2) is 59.7 Å². The topological polar surface area (TPSA) is 72.9 Å². The average Bonchev–Trinajstić information content (AvgIpc) is 2.85. The Morgan fingerprint density at radius 1 is 0.885 bits per heavy atom. The van der Waals surface area contributed by atoms with Crippen molar-refractivity contribution in [2.24, 2.45) is 0 Å². The quantitative estimate of drug-likeness (QED) is 0.481. The van der Waals surface area contributed by atoms with E-state index < -0.39 is 5.97 Å². The third kappa shape index (κ3) is 3.09. The molecule has 6 nitrogen and oxygen atoms in total. The molecule has 0 aliphatic carbocycles. The van der Waals surface area contributed by atoms with E-state index in [9.17, 15) is 14.4 Å². The van der Waals surface area contributed by atoms with Gasteiger partial charge in [0.15, 0.2) is 0 Å². The van der Waals surface area contributed by atoms with Crippen LogP contribution >= 0.6 is 0 Å². The third-order valence-electron chi connectivity index (χ3n) is 4.22. The fourth-order valence-corrected chi connectivity index (χ4v) is 2.56. The number of hydrogen-bond donors (Lipinski definition) is 0. The number of esters is 1. The second-order valence-corrected chi connectivity index (χ2v) is 5.81. The first-order valence-corrected chi connectivity index (χ1v) is 7.95. The van der Waals surface area contributed by atoms with Crippen LogP contribution in [-0.2, 0) is 9.59 Å². The van der Waals surface area contributed by atoms with E-state index in [0.29, 0.717) is 33.9 Å². The van der Waals surface area contributed by atoms with Gasteiger partial charge in [0.25, 0.3) is 11.8 Å². The van der Waals surface area contributed by atoms with Crippen molar-refractivity contribution >= 4 is 23.5 Å². The average molecular weight is 351 g/mol. The molecule has 0 saturated carbocycles. The molecule has 6 heteroatoms. The molecule has 0 N–H and O–H groups in total. The van der Waals surface area contributed by atoms with Gasteiger partial charge in [0.05, 0.1) is 18.4 Å². The van der Waals surface area contributed by atoms with Crippen molar-refractivity contribution in [2.45, 2.75) is 13.8 Å². The summed E-state index contributed by atoms with van der Waals surface area (Å²) < 4.78 is 10.4. The lowest BCUT2D eigenvalue weighted by Crippen LogP contribution is -2.31. The van der Waals surface area contributed by atoms with Crippen molar-refractivity contribution in [3.63, 3.8) is 0 Å². The molecule has 3 rings (SSSR count). The molecule has 1 heterocycles. The first-order chi connectivity index (χ1) is 12.4. The van der Waals surface area contributed by atoms with Gasteiger partial charge in [-0.25, -0.2) is 9.69 Å². The number of methoxy groups -OCH3 is 1. The molecule has 2 aromatic rings. The zero-order valence-corrected chi connectivity index (χ0v) is 14.6. The Balaban J connectivity index is 1.76. The minimum Gasteiger partial charge on any atom is -0.497 e. The van der Waals surface area contributed by atoms with Crippen LogP contribution in [0.1, 0.15) is 24.2 Å². The van der Waals surface area contributed by atoms with E-state index >= 15 is 0 Å². The Morgan fingerprint density at radius 2 is 1.46 bits per heavy atom. The van der Waals surface area contributed by atoms with Gasteiger partial charge in [-0.3, -0.25) is 9.59 Å². The minimum atomic E-state index is -0.547. The molecule has 0 atom stereocenters. The van der Waals surface area contributed by atoms with Gasteiger partial charge >= 0.3 is 5.97 Å². The van der Waals surface area contributed by atoms with Crippen molar-refractivity contribution < 1.29 is 23.9 Å². The largest absolute Gasteiger partial charge is 0.497 e. The fraction of sp³-hybridized carbons (Fsp3) is 0.150. The van der Waals surface area contributed by atoms with E-state index in [1.807, 2.05) is 0 Å². The van der Waals surface area contributed by atoms with E-state index in [2.05, 4.69) is 0 Å². The van der Waals surface area contributed by atoms with E-state index in [1.54, 1.807) is 50.2 Å². The van der Waals surface area contributed by atoms with Crippen LogP contribution < -0.4 is 14.4 Å². The molecule has 0 radical (unpaired) electrons. The summed E-state index contributed by atoms with van der Waals surface area (Å²) in [4.78, 5) is 37.7. The summed E-state index contributed by atoms with van der Waals surface area (Å²) in [6.07, 6.45) is 0. The van der Waals surface area contributed by atoms with Gasteiger partial charge < -0.3 is 9.47 Å². The molecule has 0 aromatic heterocycles. The lowest BCUT2D eigenvalue weighted by molar-refractivity contribution is -0.120. The van der Waals surface area contributed by atoms with Crippen molar-refractivity contribution in [1.29, 1.82) is 0 Å². The molecule has 1 aliphatic heterocycles. The SMILES string of the molecule is COc1cccc(OC(=O)c2ccc(N3C(=O)C(C)=C(C)C3=O)cc2)c1. The van der Waals surface area contributed by atoms with Crippen molar-refractivity contribution in [2.75, 3.05) is 12.0 Å². The lowest BCUT2D eigenvalue weighted by atomic mass is 10.2. The summed E-state index contributed by atoms with van der Waals surface area (Å²) in [6.45, 7) is 3.24. The number of hydrogen-bond acceptors (Lipinski definition) is 5. The molecule has 0 bridgehead atoms. The third-order valence-corrected chi connectivity index (χ3v) is 4.22. The Hall–Kier alpha value is -3.41. The molecule has 132 valence electrons. The summed E-state index contributed by atoms with van der Waals surface area (Å²) >= 11 is 0. The highest BCUT2D eigenvalue weighted by Crippen LogP contribution is 2.27. The number of imide groups is 1. The Bertz CT molecular complexity index is 903.